The predicted molar refractivity (Wildman–Crippen MR) is 89.0 cm³/mol. The average molecular weight is 311 g/mol. The zero-order valence-electron chi connectivity index (χ0n) is 15.0. The van der Waals surface area contributed by atoms with Gasteiger partial charge >= 0.3 is 0 Å². The van der Waals surface area contributed by atoms with Gasteiger partial charge in [0.05, 0.1) is 13.2 Å². The molecule has 22 heavy (non-hydrogen) atoms. The van der Waals surface area contributed by atoms with Crippen LogP contribution in [0.25, 0.3) is 0 Å². The van der Waals surface area contributed by atoms with Crippen molar-refractivity contribution in [2.75, 3.05) is 52.5 Å². The second-order valence-corrected chi connectivity index (χ2v) is 8.17. The van der Waals surface area contributed by atoms with E-state index >= 15 is 0 Å². The smallest absolute Gasteiger partial charge is 0.236 e. The normalized spacial score (nSPS) is 23.7. The van der Waals surface area contributed by atoms with Crippen molar-refractivity contribution < 1.29 is 9.53 Å². The van der Waals surface area contributed by atoms with E-state index < -0.39 is 0 Å². The van der Waals surface area contributed by atoms with Crippen LogP contribution in [0.3, 0.4) is 0 Å². The van der Waals surface area contributed by atoms with E-state index in [-0.39, 0.29) is 17.0 Å². The molecule has 2 aliphatic heterocycles. The number of piperazine rings is 1. The van der Waals surface area contributed by atoms with Gasteiger partial charge in [0.25, 0.3) is 0 Å². The average Bonchev–Trinajstić information content (AvgIpc) is 2.69. The third kappa shape index (κ3) is 4.43. The molecule has 2 saturated heterocycles. The number of amides is 1. The summed E-state index contributed by atoms with van der Waals surface area (Å²) in [5.74, 6) is 0.264. The number of rotatable bonds is 3. The van der Waals surface area contributed by atoms with Crippen molar-refractivity contribution in [3.05, 3.63) is 0 Å². The molecule has 2 fully saturated rings. The maximum absolute atomic E-state index is 12.5. The standard InChI is InChI=1S/C17H33N3O2/c1-16(2,3)20-9-8-18(15(21)13-20)14-17(4,5)19-7-6-11-22-12-10-19/h6-14H2,1-5H3. The molecule has 1 amide bonds. The van der Waals surface area contributed by atoms with Gasteiger partial charge < -0.3 is 9.64 Å². The lowest BCUT2D eigenvalue weighted by Crippen LogP contribution is -2.60. The van der Waals surface area contributed by atoms with E-state index in [1.165, 1.54) is 0 Å². The van der Waals surface area contributed by atoms with E-state index in [1.807, 2.05) is 4.90 Å². The van der Waals surface area contributed by atoms with Gasteiger partial charge in [-0.3, -0.25) is 14.6 Å². The molecule has 2 heterocycles. The number of carbonyl (C=O) groups excluding carboxylic acids is 1. The molecule has 5 nitrogen and oxygen atoms in total. The molecule has 0 aromatic carbocycles. The van der Waals surface area contributed by atoms with Crippen molar-refractivity contribution in [3.8, 4) is 0 Å². The Labute approximate surface area is 135 Å². The van der Waals surface area contributed by atoms with Crippen LogP contribution in [0.5, 0.6) is 0 Å². The van der Waals surface area contributed by atoms with Crippen LogP contribution in [-0.4, -0.2) is 84.2 Å². The fraction of sp³-hybridized carbons (Fsp3) is 0.941. The van der Waals surface area contributed by atoms with Crippen molar-refractivity contribution >= 4 is 5.91 Å². The Balaban J connectivity index is 1.93. The highest BCUT2D eigenvalue weighted by molar-refractivity contribution is 5.79. The first-order valence-corrected chi connectivity index (χ1v) is 8.56. The summed E-state index contributed by atoms with van der Waals surface area (Å²) in [6.07, 6.45) is 1.08. The van der Waals surface area contributed by atoms with Gasteiger partial charge in [-0.2, -0.15) is 0 Å². The molecule has 5 heteroatoms. The summed E-state index contributed by atoms with van der Waals surface area (Å²) in [5.41, 5.74) is 0.0760. The first kappa shape index (κ1) is 17.7. The van der Waals surface area contributed by atoms with E-state index in [1.54, 1.807) is 0 Å². The lowest BCUT2D eigenvalue weighted by atomic mass is 9.99. The van der Waals surface area contributed by atoms with E-state index in [2.05, 4.69) is 44.4 Å². The second-order valence-electron chi connectivity index (χ2n) is 8.17. The first-order valence-electron chi connectivity index (χ1n) is 8.56. The molecule has 0 spiro atoms. The Kier molecular flexibility index (Phi) is 5.51. The minimum absolute atomic E-state index is 0.00720. The molecule has 128 valence electrons. The number of hydrogen-bond donors (Lipinski definition) is 0. The fourth-order valence-corrected chi connectivity index (χ4v) is 3.37. The Morgan fingerprint density at radius 3 is 2.32 bits per heavy atom. The fourth-order valence-electron chi connectivity index (χ4n) is 3.37. The van der Waals surface area contributed by atoms with Crippen LogP contribution < -0.4 is 0 Å². The Bertz CT molecular complexity index is 382. The Morgan fingerprint density at radius 1 is 0.955 bits per heavy atom. The lowest BCUT2D eigenvalue weighted by molar-refractivity contribution is -0.140. The van der Waals surface area contributed by atoms with Gasteiger partial charge in [0.15, 0.2) is 0 Å². The summed E-state index contributed by atoms with van der Waals surface area (Å²) in [4.78, 5) is 19.3. The minimum Gasteiger partial charge on any atom is -0.380 e. The van der Waals surface area contributed by atoms with E-state index in [4.69, 9.17) is 4.74 Å². The first-order chi connectivity index (χ1) is 10.2. The van der Waals surface area contributed by atoms with Crippen molar-refractivity contribution in [3.63, 3.8) is 0 Å². The van der Waals surface area contributed by atoms with Gasteiger partial charge in [-0.25, -0.2) is 0 Å². The third-order valence-corrected chi connectivity index (χ3v) is 4.92. The van der Waals surface area contributed by atoms with Crippen LogP contribution in [-0.2, 0) is 9.53 Å². The number of nitrogens with zero attached hydrogens (tertiary/aromatic N) is 3. The van der Waals surface area contributed by atoms with Crippen LogP contribution in [0.15, 0.2) is 0 Å². The molecule has 0 bridgehead atoms. The molecule has 2 rings (SSSR count). The molecule has 0 radical (unpaired) electrons. The minimum atomic E-state index is 0.00720. The van der Waals surface area contributed by atoms with Gasteiger partial charge in [-0.05, 0) is 41.0 Å². The van der Waals surface area contributed by atoms with Crippen LogP contribution in [0, 0.1) is 0 Å². The van der Waals surface area contributed by atoms with Gasteiger partial charge in [0.1, 0.15) is 0 Å². The van der Waals surface area contributed by atoms with E-state index in [9.17, 15) is 4.79 Å². The van der Waals surface area contributed by atoms with E-state index in [0.717, 1.165) is 52.4 Å². The van der Waals surface area contributed by atoms with Gasteiger partial charge in [-0.1, -0.05) is 0 Å². The molecule has 0 N–H and O–H groups in total. The summed E-state index contributed by atoms with van der Waals surface area (Å²) in [7, 11) is 0. The van der Waals surface area contributed by atoms with Gasteiger partial charge in [0.2, 0.25) is 5.91 Å². The Morgan fingerprint density at radius 2 is 1.68 bits per heavy atom. The molecular formula is C17H33N3O2. The van der Waals surface area contributed by atoms with Crippen LogP contribution in [0.1, 0.15) is 41.0 Å². The number of hydrogen-bond acceptors (Lipinski definition) is 4. The highest BCUT2D eigenvalue weighted by Gasteiger charge is 2.35. The largest absolute Gasteiger partial charge is 0.380 e. The molecule has 2 aliphatic rings. The van der Waals surface area contributed by atoms with Crippen molar-refractivity contribution in [2.24, 2.45) is 0 Å². The van der Waals surface area contributed by atoms with E-state index in [0.29, 0.717) is 6.54 Å². The SMILES string of the molecule is CC(C)(C)N1CCN(CC(C)(C)N2CCCOCC2)C(=O)C1. The number of ether oxygens (including phenoxy) is 1. The van der Waals surface area contributed by atoms with Crippen molar-refractivity contribution in [1.82, 2.24) is 14.7 Å². The van der Waals surface area contributed by atoms with Crippen LogP contribution >= 0.6 is 0 Å². The zero-order valence-corrected chi connectivity index (χ0v) is 15.0. The predicted octanol–water partition coefficient (Wildman–Crippen LogP) is 1.43. The lowest BCUT2D eigenvalue weighted by Gasteiger charge is -2.46. The highest BCUT2D eigenvalue weighted by atomic mass is 16.5. The zero-order chi connectivity index (χ0) is 16.4. The summed E-state index contributed by atoms with van der Waals surface area (Å²) in [6, 6.07) is 0. The summed E-state index contributed by atoms with van der Waals surface area (Å²) < 4.78 is 5.55. The molecule has 0 saturated carbocycles. The van der Waals surface area contributed by atoms with Crippen molar-refractivity contribution in [2.45, 2.75) is 52.1 Å². The van der Waals surface area contributed by atoms with Crippen molar-refractivity contribution in [1.29, 1.82) is 0 Å². The second kappa shape index (κ2) is 6.85. The van der Waals surface area contributed by atoms with Crippen LogP contribution in [0.2, 0.25) is 0 Å². The maximum Gasteiger partial charge on any atom is 0.236 e. The summed E-state index contributed by atoms with van der Waals surface area (Å²) >= 11 is 0. The monoisotopic (exact) mass is 311 g/mol. The molecule has 0 aromatic heterocycles. The topological polar surface area (TPSA) is 36.0 Å². The quantitative estimate of drug-likeness (QED) is 0.790. The summed E-state index contributed by atoms with van der Waals surface area (Å²) in [5, 5.41) is 0. The molecule has 0 unspecified atom stereocenters. The summed E-state index contributed by atoms with van der Waals surface area (Å²) in [6.45, 7) is 17.9. The number of carbonyl (C=O) groups is 1. The molecule has 0 aromatic rings. The van der Waals surface area contributed by atoms with Crippen LogP contribution in [0.4, 0.5) is 0 Å². The van der Waals surface area contributed by atoms with Gasteiger partial charge in [0, 0.05) is 50.4 Å². The Hall–Kier alpha value is -0.650. The molecular weight excluding hydrogens is 278 g/mol. The molecule has 0 aliphatic carbocycles. The third-order valence-electron chi connectivity index (χ3n) is 4.92. The van der Waals surface area contributed by atoms with Gasteiger partial charge in [-0.15, -0.1) is 0 Å². The molecule has 0 atom stereocenters. The maximum atomic E-state index is 12.5. The highest BCUT2D eigenvalue weighted by Crippen LogP contribution is 2.21.